The molecule has 1 N–H and O–H groups in total. The molecular weight excluding hydrogens is 346 g/mol. The number of hydrogen-bond acceptors (Lipinski definition) is 5. The number of methoxy groups -OCH3 is 1. The van der Waals surface area contributed by atoms with Gasteiger partial charge in [0.25, 0.3) is 0 Å². The van der Waals surface area contributed by atoms with Crippen molar-refractivity contribution in [1.82, 2.24) is 5.32 Å². The molecule has 0 bridgehead atoms. The minimum atomic E-state index is -0.492. The minimum Gasteiger partial charge on any atom is -0.469 e. The maximum atomic E-state index is 12.3. The van der Waals surface area contributed by atoms with Crippen LogP contribution in [0.1, 0.15) is 44.1 Å². The molecule has 0 aromatic heterocycles. The second-order valence-electron chi connectivity index (χ2n) is 6.91. The van der Waals surface area contributed by atoms with Crippen LogP contribution >= 0.6 is 0 Å². The maximum Gasteiger partial charge on any atom is 0.307 e. The third kappa shape index (κ3) is 5.12. The molecule has 1 aliphatic carbocycles. The second-order valence-corrected chi connectivity index (χ2v) is 6.91. The molecule has 1 aromatic rings. The van der Waals surface area contributed by atoms with Crippen LogP contribution in [0.3, 0.4) is 0 Å². The zero-order chi connectivity index (χ0) is 19.1. The standard InChI is InChI=1S/C21H25NO5/c1-25-20(24)14-21(11-5-2-6-12-21)22-19(23)8-4-3-7-16-9-10-17-18(13-16)27-15-26-17/h3-4,7-10,13H,2,5-6,11-12,14-15H2,1H3,(H,22,23)/b7-3+,8-4+. The van der Waals surface area contributed by atoms with E-state index >= 15 is 0 Å². The van der Waals surface area contributed by atoms with E-state index in [1.54, 1.807) is 12.2 Å². The van der Waals surface area contributed by atoms with Crippen molar-refractivity contribution >= 4 is 18.0 Å². The second kappa shape index (κ2) is 8.75. The Bertz CT molecular complexity index is 747. The molecular formula is C21H25NO5. The van der Waals surface area contributed by atoms with Gasteiger partial charge in [0.15, 0.2) is 11.5 Å². The first-order valence-electron chi connectivity index (χ1n) is 9.24. The summed E-state index contributed by atoms with van der Waals surface area (Å²) >= 11 is 0. The van der Waals surface area contributed by atoms with Crippen LogP contribution in [0.4, 0.5) is 0 Å². The maximum absolute atomic E-state index is 12.3. The van der Waals surface area contributed by atoms with E-state index in [9.17, 15) is 9.59 Å². The lowest BCUT2D eigenvalue weighted by Crippen LogP contribution is -2.50. The number of amides is 1. The van der Waals surface area contributed by atoms with Crippen LogP contribution in [0.2, 0.25) is 0 Å². The van der Waals surface area contributed by atoms with Crippen molar-refractivity contribution in [3.63, 3.8) is 0 Å². The molecule has 0 unspecified atom stereocenters. The van der Waals surface area contributed by atoms with Gasteiger partial charge < -0.3 is 19.5 Å². The number of esters is 1. The number of carbonyl (C=O) groups excluding carboxylic acids is 2. The Balaban J connectivity index is 1.57. The number of hydrogen-bond donors (Lipinski definition) is 1. The fraction of sp³-hybridized carbons (Fsp3) is 0.429. The van der Waals surface area contributed by atoms with E-state index < -0.39 is 5.54 Å². The summed E-state index contributed by atoms with van der Waals surface area (Å²) in [6.45, 7) is 0.246. The number of carbonyl (C=O) groups is 2. The molecule has 6 heteroatoms. The van der Waals surface area contributed by atoms with Crippen molar-refractivity contribution < 1.29 is 23.8 Å². The molecule has 0 radical (unpaired) electrons. The predicted molar refractivity (Wildman–Crippen MR) is 101 cm³/mol. The highest BCUT2D eigenvalue weighted by atomic mass is 16.7. The molecule has 2 aliphatic rings. The average Bonchev–Trinajstić information content (AvgIpc) is 3.13. The van der Waals surface area contributed by atoms with Gasteiger partial charge in [-0.25, -0.2) is 0 Å². The normalized spacial score (nSPS) is 18.0. The Morgan fingerprint density at radius 1 is 1.15 bits per heavy atom. The number of rotatable bonds is 6. The summed E-state index contributed by atoms with van der Waals surface area (Å²) < 4.78 is 15.4. The lowest BCUT2D eigenvalue weighted by Gasteiger charge is -2.37. The van der Waals surface area contributed by atoms with Crippen LogP contribution in [0.15, 0.2) is 36.4 Å². The molecule has 144 valence electrons. The van der Waals surface area contributed by atoms with E-state index in [0.717, 1.165) is 49.2 Å². The van der Waals surface area contributed by atoms with E-state index in [2.05, 4.69) is 5.32 Å². The summed E-state index contributed by atoms with van der Waals surface area (Å²) in [5, 5.41) is 3.03. The Labute approximate surface area is 159 Å². The van der Waals surface area contributed by atoms with Gasteiger partial charge in [-0.2, -0.15) is 0 Å². The van der Waals surface area contributed by atoms with Gasteiger partial charge in [0.2, 0.25) is 12.7 Å². The fourth-order valence-corrected chi connectivity index (χ4v) is 3.55. The van der Waals surface area contributed by atoms with Gasteiger partial charge >= 0.3 is 5.97 Å². The number of ether oxygens (including phenoxy) is 3. The third-order valence-electron chi connectivity index (χ3n) is 4.95. The molecule has 0 saturated heterocycles. The van der Waals surface area contributed by atoms with Gasteiger partial charge in [0, 0.05) is 6.08 Å². The first-order valence-corrected chi connectivity index (χ1v) is 9.24. The van der Waals surface area contributed by atoms with Gasteiger partial charge in [-0.05, 0) is 30.5 Å². The molecule has 0 spiro atoms. The molecule has 1 heterocycles. The summed E-state index contributed by atoms with van der Waals surface area (Å²) in [4.78, 5) is 24.1. The number of benzene rings is 1. The zero-order valence-electron chi connectivity index (χ0n) is 15.5. The molecule has 3 rings (SSSR count). The minimum absolute atomic E-state index is 0.198. The van der Waals surface area contributed by atoms with E-state index in [-0.39, 0.29) is 25.1 Å². The van der Waals surface area contributed by atoms with Crippen LogP contribution in [-0.2, 0) is 14.3 Å². The van der Waals surface area contributed by atoms with Gasteiger partial charge in [-0.15, -0.1) is 0 Å². The third-order valence-corrected chi connectivity index (χ3v) is 4.95. The van der Waals surface area contributed by atoms with Crippen molar-refractivity contribution in [3.8, 4) is 11.5 Å². The van der Waals surface area contributed by atoms with Crippen LogP contribution in [0, 0.1) is 0 Å². The highest BCUT2D eigenvalue weighted by Gasteiger charge is 2.35. The Hall–Kier alpha value is -2.76. The molecule has 27 heavy (non-hydrogen) atoms. The fourth-order valence-electron chi connectivity index (χ4n) is 3.55. The lowest BCUT2D eigenvalue weighted by atomic mass is 9.79. The van der Waals surface area contributed by atoms with Crippen molar-refractivity contribution in [1.29, 1.82) is 0 Å². The van der Waals surface area contributed by atoms with E-state index in [4.69, 9.17) is 14.2 Å². The van der Waals surface area contributed by atoms with E-state index in [1.807, 2.05) is 24.3 Å². The first-order chi connectivity index (χ1) is 13.1. The van der Waals surface area contributed by atoms with Crippen molar-refractivity contribution in [2.75, 3.05) is 13.9 Å². The van der Waals surface area contributed by atoms with Crippen molar-refractivity contribution in [2.24, 2.45) is 0 Å². The van der Waals surface area contributed by atoms with Crippen LogP contribution in [0.5, 0.6) is 11.5 Å². The number of allylic oxidation sites excluding steroid dienone is 2. The summed E-state index contributed by atoms with van der Waals surface area (Å²) in [5.41, 5.74) is 0.465. The molecule has 0 atom stereocenters. The van der Waals surface area contributed by atoms with Crippen LogP contribution in [-0.4, -0.2) is 31.3 Å². The summed E-state index contributed by atoms with van der Waals surface area (Å²) in [6, 6.07) is 5.67. The molecule has 1 aromatic carbocycles. The average molecular weight is 371 g/mol. The monoisotopic (exact) mass is 371 g/mol. The SMILES string of the molecule is COC(=O)CC1(NC(=O)/C=C/C=C/c2ccc3c(c2)OCO3)CCCCC1. The molecule has 1 fully saturated rings. The molecule has 6 nitrogen and oxygen atoms in total. The lowest BCUT2D eigenvalue weighted by molar-refractivity contribution is -0.143. The topological polar surface area (TPSA) is 73.9 Å². The van der Waals surface area contributed by atoms with Crippen molar-refractivity contribution in [2.45, 2.75) is 44.1 Å². The van der Waals surface area contributed by atoms with Gasteiger partial charge in [-0.1, -0.05) is 43.6 Å². The highest BCUT2D eigenvalue weighted by molar-refractivity contribution is 5.89. The Kier molecular flexibility index (Phi) is 6.16. The Morgan fingerprint density at radius 3 is 2.70 bits per heavy atom. The molecule has 1 saturated carbocycles. The molecule has 1 aliphatic heterocycles. The Morgan fingerprint density at radius 2 is 1.93 bits per heavy atom. The van der Waals surface area contributed by atoms with Gasteiger partial charge in [0.05, 0.1) is 19.1 Å². The largest absolute Gasteiger partial charge is 0.469 e. The highest BCUT2D eigenvalue weighted by Crippen LogP contribution is 2.33. The van der Waals surface area contributed by atoms with Gasteiger partial charge in [-0.3, -0.25) is 9.59 Å². The van der Waals surface area contributed by atoms with Crippen LogP contribution in [0.25, 0.3) is 6.08 Å². The summed E-state index contributed by atoms with van der Waals surface area (Å²) in [6.07, 6.45) is 11.8. The van der Waals surface area contributed by atoms with Crippen LogP contribution < -0.4 is 14.8 Å². The van der Waals surface area contributed by atoms with E-state index in [1.165, 1.54) is 13.2 Å². The zero-order valence-corrected chi connectivity index (χ0v) is 15.5. The summed E-state index contributed by atoms with van der Waals surface area (Å²) in [5.74, 6) is 0.978. The summed E-state index contributed by atoms with van der Waals surface area (Å²) in [7, 11) is 1.38. The number of nitrogens with one attached hydrogen (secondary N) is 1. The van der Waals surface area contributed by atoms with Gasteiger partial charge in [0.1, 0.15) is 0 Å². The number of fused-ring (bicyclic) bond motifs is 1. The van der Waals surface area contributed by atoms with Crippen molar-refractivity contribution in [3.05, 3.63) is 42.0 Å². The van der Waals surface area contributed by atoms with E-state index in [0.29, 0.717) is 0 Å². The first kappa shape index (κ1) is 19.0. The smallest absolute Gasteiger partial charge is 0.307 e. The predicted octanol–water partition coefficient (Wildman–Crippen LogP) is 3.37. The quantitative estimate of drug-likeness (QED) is 0.471. The molecule has 1 amide bonds.